The molecule has 0 heterocycles. The topological polar surface area (TPSA) is 72.2 Å². The molecule has 0 saturated heterocycles. The Morgan fingerprint density at radius 1 is 0.905 bits per heavy atom. The van der Waals surface area contributed by atoms with Crippen molar-refractivity contribution < 1.29 is 8.42 Å². The first-order valence-electron chi connectivity index (χ1n) is 5.44. The summed E-state index contributed by atoms with van der Waals surface area (Å²) >= 11 is 23.6. The van der Waals surface area contributed by atoms with Crippen LogP contribution >= 0.6 is 46.4 Å². The first-order valence-corrected chi connectivity index (χ1v) is 8.44. The van der Waals surface area contributed by atoms with Gasteiger partial charge >= 0.3 is 0 Å². The highest BCUT2D eigenvalue weighted by Crippen LogP contribution is 2.36. The molecule has 0 atom stereocenters. The van der Waals surface area contributed by atoms with Crippen LogP contribution in [0.5, 0.6) is 0 Å². The monoisotopic (exact) mass is 384 g/mol. The Morgan fingerprint density at radius 2 is 1.48 bits per heavy atom. The molecule has 0 aliphatic heterocycles. The van der Waals surface area contributed by atoms with E-state index in [2.05, 4.69) is 4.72 Å². The Labute approximate surface area is 141 Å². The van der Waals surface area contributed by atoms with Crippen LogP contribution in [0.4, 0.5) is 11.4 Å². The van der Waals surface area contributed by atoms with Crippen molar-refractivity contribution >= 4 is 67.8 Å². The van der Waals surface area contributed by atoms with Crippen LogP contribution in [0.3, 0.4) is 0 Å². The summed E-state index contributed by atoms with van der Waals surface area (Å²) < 4.78 is 27.0. The number of nitrogens with two attached hydrogens (primary N) is 1. The summed E-state index contributed by atoms with van der Waals surface area (Å²) in [5.41, 5.74) is 5.66. The van der Waals surface area contributed by atoms with Crippen LogP contribution in [-0.4, -0.2) is 8.42 Å². The summed E-state index contributed by atoms with van der Waals surface area (Å²) in [6.45, 7) is 0. The second-order valence-electron chi connectivity index (χ2n) is 3.98. The lowest BCUT2D eigenvalue weighted by Crippen LogP contribution is -2.14. The molecule has 0 radical (unpaired) electrons. The van der Waals surface area contributed by atoms with Crippen molar-refractivity contribution in [3.63, 3.8) is 0 Å². The third kappa shape index (κ3) is 3.33. The fourth-order valence-electron chi connectivity index (χ4n) is 1.54. The molecule has 0 aromatic heterocycles. The minimum Gasteiger partial charge on any atom is -0.396 e. The third-order valence-corrected chi connectivity index (χ3v) is 5.45. The van der Waals surface area contributed by atoms with Crippen molar-refractivity contribution in [2.75, 3.05) is 10.5 Å². The van der Waals surface area contributed by atoms with Crippen molar-refractivity contribution in [3.8, 4) is 0 Å². The fourth-order valence-corrected chi connectivity index (χ4v) is 4.01. The zero-order chi connectivity index (χ0) is 15.8. The number of hydrogen-bond acceptors (Lipinski definition) is 3. The molecule has 0 bridgehead atoms. The van der Waals surface area contributed by atoms with Crippen LogP contribution in [0.15, 0.2) is 35.2 Å². The van der Waals surface area contributed by atoms with E-state index in [0.29, 0.717) is 0 Å². The van der Waals surface area contributed by atoms with Crippen LogP contribution in [0.2, 0.25) is 20.1 Å². The zero-order valence-corrected chi connectivity index (χ0v) is 14.0. The number of halogens is 4. The third-order valence-electron chi connectivity index (χ3n) is 2.58. The van der Waals surface area contributed by atoms with Gasteiger partial charge in [-0.05, 0) is 24.3 Å². The Balaban J connectivity index is 2.52. The molecule has 2 aromatic rings. The van der Waals surface area contributed by atoms with E-state index in [1.807, 2.05) is 0 Å². The molecule has 112 valence electrons. The van der Waals surface area contributed by atoms with E-state index in [0.717, 1.165) is 0 Å². The van der Waals surface area contributed by atoms with E-state index in [9.17, 15) is 8.42 Å². The largest absolute Gasteiger partial charge is 0.396 e. The van der Waals surface area contributed by atoms with Crippen molar-refractivity contribution in [1.82, 2.24) is 0 Å². The summed E-state index contributed by atoms with van der Waals surface area (Å²) in [4.78, 5) is -0.220. The molecule has 2 rings (SSSR count). The summed E-state index contributed by atoms with van der Waals surface area (Å²) in [6, 6.07) is 7.18. The molecule has 0 aliphatic rings. The number of rotatable bonds is 3. The molecule has 0 aliphatic carbocycles. The molecular weight excluding hydrogens is 378 g/mol. The van der Waals surface area contributed by atoms with Crippen LogP contribution in [-0.2, 0) is 10.0 Å². The summed E-state index contributed by atoms with van der Waals surface area (Å²) in [5, 5.41) is 0.307. The number of para-hydroxylation sites is 1. The lowest BCUT2D eigenvalue weighted by atomic mass is 10.3. The van der Waals surface area contributed by atoms with Gasteiger partial charge in [-0.3, -0.25) is 4.72 Å². The lowest BCUT2D eigenvalue weighted by molar-refractivity contribution is 0.601. The van der Waals surface area contributed by atoms with Crippen LogP contribution in [0.1, 0.15) is 0 Å². The number of nitrogens with one attached hydrogen (secondary N) is 1. The number of hydrogen-bond donors (Lipinski definition) is 2. The summed E-state index contributed by atoms with van der Waals surface area (Å²) in [7, 11) is -4.02. The maximum absolute atomic E-state index is 12.4. The van der Waals surface area contributed by atoms with E-state index < -0.39 is 10.0 Å². The van der Waals surface area contributed by atoms with Crippen LogP contribution in [0.25, 0.3) is 0 Å². The maximum Gasteiger partial charge on any atom is 0.263 e. The SMILES string of the molecule is Nc1c(Cl)ccc(S(=O)(=O)Nc2c(Cl)cccc2Cl)c1Cl. The predicted octanol–water partition coefficient (Wildman–Crippen LogP) is 4.68. The van der Waals surface area contributed by atoms with Gasteiger partial charge in [0.15, 0.2) is 0 Å². The van der Waals surface area contributed by atoms with Crippen molar-refractivity contribution in [3.05, 3.63) is 50.4 Å². The summed E-state index contributed by atoms with van der Waals surface area (Å²) in [5.74, 6) is 0. The highest BCUT2D eigenvalue weighted by Gasteiger charge is 2.22. The average molecular weight is 386 g/mol. The van der Waals surface area contributed by atoms with Crippen molar-refractivity contribution in [2.24, 2.45) is 0 Å². The van der Waals surface area contributed by atoms with Gasteiger partial charge in [-0.25, -0.2) is 8.42 Å². The highest BCUT2D eigenvalue weighted by molar-refractivity contribution is 7.92. The standard InChI is InChI=1S/C12H8Cl4N2O2S/c13-6-4-5-9(10(16)11(6)17)21(19,20)18-12-7(14)2-1-3-8(12)15/h1-5,18H,17H2. The highest BCUT2D eigenvalue weighted by atomic mass is 35.5. The number of benzene rings is 2. The average Bonchev–Trinajstić information content (AvgIpc) is 2.40. The van der Waals surface area contributed by atoms with Crippen molar-refractivity contribution in [2.45, 2.75) is 4.90 Å². The molecule has 21 heavy (non-hydrogen) atoms. The second kappa shape index (κ2) is 6.10. The van der Waals surface area contributed by atoms with Crippen molar-refractivity contribution in [1.29, 1.82) is 0 Å². The number of anilines is 2. The maximum atomic E-state index is 12.4. The Bertz CT molecular complexity index is 789. The van der Waals surface area contributed by atoms with Gasteiger partial charge in [-0.2, -0.15) is 0 Å². The zero-order valence-electron chi connectivity index (χ0n) is 10.2. The Kier molecular flexibility index (Phi) is 4.80. The Morgan fingerprint density at radius 3 is 2.05 bits per heavy atom. The molecule has 2 aromatic carbocycles. The van der Waals surface area contributed by atoms with Crippen LogP contribution in [0, 0.1) is 0 Å². The molecular formula is C12H8Cl4N2O2S. The van der Waals surface area contributed by atoms with Gasteiger partial charge < -0.3 is 5.73 Å². The molecule has 0 unspecified atom stereocenters. The normalized spacial score (nSPS) is 11.4. The smallest absolute Gasteiger partial charge is 0.263 e. The van der Waals surface area contributed by atoms with E-state index in [-0.39, 0.29) is 36.4 Å². The van der Waals surface area contributed by atoms with E-state index in [1.165, 1.54) is 24.3 Å². The van der Waals surface area contributed by atoms with E-state index in [4.69, 9.17) is 52.1 Å². The first-order chi connectivity index (χ1) is 9.74. The molecule has 0 spiro atoms. The lowest BCUT2D eigenvalue weighted by Gasteiger charge is -2.13. The van der Waals surface area contributed by atoms with Gasteiger partial charge in [0.1, 0.15) is 4.90 Å². The minimum absolute atomic E-state index is 0.0218. The Hall–Kier alpha value is -0.850. The van der Waals surface area contributed by atoms with Gasteiger partial charge in [0.25, 0.3) is 10.0 Å². The molecule has 0 fully saturated rings. The number of sulfonamides is 1. The molecule has 3 N–H and O–H groups in total. The van der Waals surface area contributed by atoms with E-state index in [1.54, 1.807) is 6.07 Å². The van der Waals surface area contributed by atoms with Gasteiger partial charge in [-0.15, -0.1) is 0 Å². The molecule has 9 heteroatoms. The van der Waals surface area contributed by atoms with Gasteiger partial charge in [0.05, 0.1) is 31.5 Å². The number of nitrogen functional groups attached to an aromatic ring is 1. The molecule has 0 amide bonds. The quantitative estimate of drug-likeness (QED) is 0.753. The van der Waals surface area contributed by atoms with Gasteiger partial charge in [0, 0.05) is 0 Å². The minimum atomic E-state index is -4.02. The molecule has 0 saturated carbocycles. The second-order valence-corrected chi connectivity index (χ2v) is 7.23. The van der Waals surface area contributed by atoms with Crippen LogP contribution < -0.4 is 10.5 Å². The van der Waals surface area contributed by atoms with Gasteiger partial charge in [0.2, 0.25) is 0 Å². The first kappa shape index (κ1) is 16.5. The summed E-state index contributed by atoms with van der Waals surface area (Å²) in [6.07, 6.45) is 0. The molecule has 4 nitrogen and oxygen atoms in total. The fraction of sp³-hybridized carbons (Fsp3) is 0. The van der Waals surface area contributed by atoms with Gasteiger partial charge in [-0.1, -0.05) is 52.5 Å². The van der Waals surface area contributed by atoms with E-state index >= 15 is 0 Å². The predicted molar refractivity (Wildman–Crippen MR) is 88.1 cm³/mol.